The summed E-state index contributed by atoms with van der Waals surface area (Å²) in [4.78, 5) is 32.0. The zero-order valence-electron chi connectivity index (χ0n) is 20.8. The number of carbonyl (C=O) groups is 2. The van der Waals surface area contributed by atoms with Gasteiger partial charge in [0, 0.05) is 38.0 Å². The third kappa shape index (κ3) is 6.65. The van der Waals surface area contributed by atoms with Crippen LogP contribution in [0.3, 0.4) is 0 Å². The number of rotatable bonds is 7. The number of thiazole rings is 1. The smallest absolute Gasteiger partial charge is 0.321 e. The molecule has 0 saturated carbocycles. The number of aromatic nitrogens is 1. The molecule has 0 aliphatic carbocycles. The van der Waals surface area contributed by atoms with E-state index < -0.39 is 0 Å². The first kappa shape index (κ1) is 25.7. The number of Topliss-reactive ketones (excluding diaryl/α,β-unsaturated/α-hetero) is 1. The summed E-state index contributed by atoms with van der Waals surface area (Å²) in [5, 5.41) is 10.0. The second kappa shape index (κ2) is 11.1. The number of anilines is 1. The molecule has 2 aliphatic rings. The molecule has 7 nitrogen and oxygen atoms in total. The molecule has 3 N–H and O–H groups in total. The summed E-state index contributed by atoms with van der Waals surface area (Å²) in [7, 11) is 0. The molecule has 0 bridgehead atoms. The van der Waals surface area contributed by atoms with Crippen molar-refractivity contribution in [3.05, 3.63) is 46.2 Å². The average molecular weight is 502 g/mol. The van der Waals surface area contributed by atoms with Crippen molar-refractivity contribution in [1.29, 1.82) is 0 Å². The fourth-order valence-corrected chi connectivity index (χ4v) is 6.25. The lowest BCUT2D eigenvalue weighted by atomic mass is 9.79. The van der Waals surface area contributed by atoms with E-state index in [0.29, 0.717) is 21.6 Å². The molecule has 4 rings (SSSR count). The van der Waals surface area contributed by atoms with Gasteiger partial charge in [0.2, 0.25) is 0 Å². The number of nitrogens with zero attached hydrogens (tertiary/aromatic N) is 2. The van der Waals surface area contributed by atoms with Crippen LogP contribution in [0.5, 0.6) is 0 Å². The van der Waals surface area contributed by atoms with Gasteiger partial charge < -0.3 is 15.5 Å². The van der Waals surface area contributed by atoms with Crippen molar-refractivity contribution in [1.82, 2.24) is 20.5 Å². The number of carbonyl (C=O) groups excluding carboxylic acids is 2. The summed E-state index contributed by atoms with van der Waals surface area (Å²) >= 11 is 1.21. The van der Waals surface area contributed by atoms with E-state index in [9.17, 15) is 14.0 Å². The third-order valence-electron chi connectivity index (χ3n) is 7.37. The van der Waals surface area contributed by atoms with E-state index in [0.717, 1.165) is 52.0 Å². The lowest BCUT2D eigenvalue weighted by Gasteiger charge is -2.45. The molecule has 0 spiro atoms. The number of ketones is 1. The molecule has 2 aliphatic heterocycles. The van der Waals surface area contributed by atoms with Crippen molar-refractivity contribution in [3.63, 3.8) is 0 Å². The first-order valence-electron chi connectivity index (χ1n) is 12.5. The Hall–Kier alpha value is -2.36. The average Bonchev–Trinajstić information content (AvgIpc) is 3.17. The fourth-order valence-electron chi connectivity index (χ4n) is 5.40. The quantitative estimate of drug-likeness (QED) is 0.494. The fraction of sp³-hybridized carbons (Fsp3) is 0.577. The SMILES string of the molecule is CC(=O)c1sc(NC(=O)N[C@]2(C)CCNC[C@H]2CN2CCC[C@@H](Cc3ccc(F)cc3)C2)nc1C. The lowest BCUT2D eigenvalue weighted by molar-refractivity contribution is 0.0960. The van der Waals surface area contributed by atoms with Crippen LogP contribution in [-0.4, -0.2) is 60.0 Å². The van der Waals surface area contributed by atoms with Gasteiger partial charge in [0.05, 0.1) is 10.6 Å². The van der Waals surface area contributed by atoms with E-state index in [1.165, 1.54) is 30.2 Å². The second-order valence-corrected chi connectivity index (χ2v) is 11.2. The maximum atomic E-state index is 13.3. The molecule has 2 aromatic rings. The Morgan fingerprint density at radius 1 is 1.31 bits per heavy atom. The molecule has 9 heteroatoms. The highest BCUT2D eigenvalue weighted by molar-refractivity contribution is 7.17. The van der Waals surface area contributed by atoms with Crippen LogP contribution in [0.15, 0.2) is 24.3 Å². The van der Waals surface area contributed by atoms with Gasteiger partial charge in [-0.05, 0) is 76.2 Å². The Kier molecular flexibility index (Phi) is 8.19. The Bertz CT molecular complexity index is 1040. The molecule has 2 fully saturated rings. The van der Waals surface area contributed by atoms with Crippen LogP contribution in [0.25, 0.3) is 0 Å². The van der Waals surface area contributed by atoms with Gasteiger partial charge >= 0.3 is 6.03 Å². The van der Waals surface area contributed by atoms with E-state index >= 15 is 0 Å². The topological polar surface area (TPSA) is 86.4 Å². The maximum absolute atomic E-state index is 13.3. The number of urea groups is 1. The number of halogens is 1. The van der Waals surface area contributed by atoms with Gasteiger partial charge in [-0.2, -0.15) is 0 Å². The highest BCUT2D eigenvalue weighted by atomic mass is 32.1. The Balaban J connectivity index is 1.35. The van der Waals surface area contributed by atoms with Crippen LogP contribution in [-0.2, 0) is 6.42 Å². The molecule has 35 heavy (non-hydrogen) atoms. The normalized spacial score (nSPS) is 25.3. The summed E-state index contributed by atoms with van der Waals surface area (Å²) in [6.45, 7) is 10.1. The molecule has 1 aromatic carbocycles. The molecule has 0 radical (unpaired) electrons. The van der Waals surface area contributed by atoms with Crippen molar-refractivity contribution >= 4 is 28.3 Å². The minimum absolute atomic E-state index is 0.0434. The molecule has 2 amide bonds. The van der Waals surface area contributed by atoms with E-state index in [1.54, 1.807) is 19.1 Å². The maximum Gasteiger partial charge on any atom is 0.321 e. The number of amides is 2. The number of hydrogen-bond acceptors (Lipinski definition) is 6. The minimum atomic E-state index is -0.352. The number of hydrogen-bond donors (Lipinski definition) is 3. The molecule has 3 atom stereocenters. The molecular formula is C26H36FN5O2S. The van der Waals surface area contributed by atoms with E-state index in [4.69, 9.17) is 0 Å². The van der Waals surface area contributed by atoms with Crippen LogP contribution in [0.2, 0.25) is 0 Å². The predicted octanol–water partition coefficient (Wildman–Crippen LogP) is 4.24. The monoisotopic (exact) mass is 501 g/mol. The minimum Gasteiger partial charge on any atom is -0.332 e. The standard InChI is InChI=1S/C26H36FN5O2S/c1-17-23(18(2)33)35-25(29-17)30-24(34)31-26(3)10-11-28-14-21(26)16-32-12-4-5-20(15-32)13-19-6-8-22(27)9-7-19/h6-9,20-21,28H,4-5,10-16H2,1-3H3,(H2,29,30,31,34)/t20-,21-,26+/m0/s1. The van der Waals surface area contributed by atoms with Gasteiger partial charge in [0.15, 0.2) is 10.9 Å². The van der Waals surface area contributed by atoms with Crippen LogP contribution in [0, 0.1) is 24.6 Å². The largest absolute Gasteiger partial charge is 0.332 e. The van der Waals surface area contributed by atoms with Crippen molar-refractivity contribution < 1.29 is 14.0 Å². The molecule has 0 unspecified atom stereocenters. The lowest BCUT2D eigenvalue weighted by Crippen LogP contribution is -2.62. The first-order chi connectivity index (χ1) is 16.7. The number of likely N-dealkylation sites (tertiary alicyclic amines) is 1. The molecule has 2 saturated heterocycles. The van der Waals surface area contributed by atoms with Crippen molar-refractivity contribution in [2.45, 2.75) is 52.0 Å². The van der Waals surface area contributed by atoms with Gasteiger partial charge in [-0.25, -0.2) is 14.2 Å². The number of aryl methyl sites for hydroxylation is 1. The van der Waals surface area contributed by atoms with E-state index in [-0.39, 0.29) is 29.1 Å². The molecule has 190 valence electrons. The Labute approximate surface area is 210 Å². The zero-order chi connectivity index (χ0) is 25.0. The number of benzene rings is 1. The van der Waals surface area contributed by atoms with Crippen molar-refractivity contribution in [2.24, 2.45) is 11.8 Å². The summed E-state index contributed by atoms with van der Waals surface area (Å²) in [5.41, 5.74) is 1.48. The zero-order valence-corrected chi connectivity index (χ0v) is 21.6. The van der Waals surface area contributed by atoms with E-state index in [1.807, 2.05) is 12.1 Å². The summed E-state index contributed by atoms with van der Waals surface area (Å²) in [6.07, 6.45) is 4.14. The summed E-state index contributed by atoms with van der Waals surface area (Å²) < 4.78 is 13.3. The van der Waals surface area contributed by atoms with Crippen molar-refractivity contribution in [2.75, 3.05) is 38.0 Å². The molecule has 1 aromatic heterocycles. The third-order valence-corrected chi connectivity index (χ3v) is 8.54. The Morgan fingerprint density at radius 3 is 2.80 bits per heavy atom. The van der Waals surface area contributed by atoms with E-state index in [2.05, 4.69) is 32.8 Å². The van der Waals surface area contributed by atoms with Crippen LogP contribution >= 0.6 is 11.3 Å². The molecule has 3 heterocycles. The molecular weight excluding hydrogens is 465 g/mol. The van der Waals surface area contributed by atoms with Crippen molar-refractivity contribution in [3.8, 4) is 0 Å². The highest BCUT2D eigenvalue weighted by Crippen LogP contribution is 2.29. The number of piperidine rings is 2. The summed E-state index contributed by atoms with van der Waals surface area (Å²) in [6, 6.07) is 6.58. The summed E-state index contributed by atoms with van der Waals surface area (Å²) in [5.74, 6) is 0.580. The van der Waals surface area contributed by atoms with Crippen LogP contribution < -0.4 is 16.0 Å². The van der Waals surface area contributed by atoms with Gasteiger partial charge in [-0.3, -0.25) is 10.1 Å². The van der Waals surface area contributed by atoms with Gasteiger partial charge in [0.25, 0.3) is 0 Å². The Morgan fingerprint density at radius 2 is 2.09 bits per heavy atom. The van der Waals surface area contributed by atoms with Crippen LogP contribution in [0.4, 0.5) is 14.3 Å². The highest BCUT2D eigenvalue weighted by Gasteiger charge is 2.39. The second-order valence-electron chi connectivity index (χ2n) is 10.2. The van der Waals surface area contributed by atoms with Crippen LogP contribution in [0.1, 0.15) is 54.0 Å². The first-order valence-corrected chi connectivity index (χ1v) is 13.3. The van der Waals surface area contributed by atoms with Gasteiger partial charge in [-0.15, -0.1) is 0 Å². The van der Waals surface area contributed by atoms with Gasteiger partial charge in [0.1, 0.15) is 5.82 Å². The van der Waals surface area contributed by atoms with Gasteiger partial charge in [-0.1, -0.05) is 23.5 Å². The number of nitrogens with one attached hydrogen (secondary N) is 3. The predicted molar refractivity (Wildman–Crippen MR) is 138 cm³/mol.